The van der Waals surface area contributed by atoms with Crippen LogP contribution in [-0.2, 0) is 21.2 Å². The lowest BCUT2D eigenvalue weighted by Crippen LogP contribution is -2.30. The van der Waals surface area contributed by atoms with Crippen molar-refractivity contribution in [3.05, 3.63) is 53.1 Å². The molecule has 0 spiro atoms. The molecule has 0 fully saturated rings. The molecular formula is C20H26ClN3O3S. The normalized spacial score (nSPS) is 11.5. The lowest BCUT2D eigenvalue weighted by Gasteiger charge is -2.22. The Morgan fingerprint density at radius 2 is 1.64 bits per heavy atom. The molecule has 1 amide bonds. The van der Waals surface area contributed by atoms with Crippen LogP contribution in [0.1, 0.15) is 19.4 Å². The highest BCUT2D eigenvalue weighted by Gasteiger charge is 2.23. The molecule has 0 aliphatic rings. The van der Waals surface area contributed by atoms with Gasteiger partial charge in [0.2, 0.25) is 15.9 Å². The molecular weight excluding hydrogens is 398 g/mol. The van der Waals surface area contributed by atoms with Crippen LogP contribution < -0.4 is 10.2 Å². The van der Waals surface area contributed by atoms with Gasteiger partial charge in [0, 0.05) is 32.2 Å². The number of hydrogen-bond acceptors (Lipinski definition) is 4. The molecule has 2 aromatic carbocycles. The predicted octanol–water partition coefficient (Wildman–Crippen LogP) is 3.62. The average molecular weight is 424 g/mol. The van der Waals surface area contributed by atoms with Gasteiger partial charge in [-0.3, -0.25) is 4.79 Å². The van der Waals surface area contributed by atoms with E-state index < -0.39 is 10.0 Å². The van der Waals surface area contributed by atoms with Gasteiger partial charge in [0.15, 0.2) is 0 Å². The number of carbonyl (C=O) groups excluding carboxylic acids is 1. The topological polar surface area (TPSA) is 69.7 Å². The van der Waals surface area contributed by atoms with Crippen LogP contribution in [0, 0.1) is 0 Å². The summed E-state index contributed by atoms with van der Waals surface area (Å²) in [5, 5.41) is 3.45. The number of hydrogen-bond donors (Lipinski definition) is 1. The minimum Gasteiger partial charge on any atom is -0.376 e. The van der Waals surface area contributed by atoms with Gasteiger partial charge in [-0.05, 0) is 35.9 Å². The van der Waals surface area contributed by atoms with E-state index in [1.165, 1.54) is 10.4 Å². The number of nitrogens with one attached hydrogen (secondary N) is 1. The maximum atomic E-state index is 12.8. The van der Waals surface area contributed by atoms with E-state index in [9.17, 15) is 13.2 Å². The summed E-state index contributed by atoms with van der Waals surface area (Å²) in [6.45, 7) is 4.35. The van der Waals surface area contributed by atoms with Crippen molar-refractivity contribution in [1.82, 2.24) is 4.31 Å². The Labute approximate surface area is 172 Å². The summed E-state index contributed by atoms with van der Waals surface area (Å²) < 4.78 is 27.0. The molecule has 0 radical (unpaired) electrons. The quantitative estimate of drug-likeness (QED) is 0.704. The van der Waals surface area contributed by atoms with Gasteiger partial charge in [-0.2, -0.15) is 4.31 Å². The second-order valence-corrected chi connectivity index (χ2v) is 8.89. The molecule has 0 saturated heterocycles. The van der Waals surface area contributed by atoms with E-state index >= 15 is 0 Å². The van der Waals surface area contributed by atoms with E-state index in [0.717, 1.165) is 11.3 Å². The molecule has 8 heteroatoms. The van der Waals surface area contributed by atoms with Crippen LogP contribution >= 0.6 is 11.6 Å². The fraction of sp³-hybridized carbons (Fsp3) is 0.350. The highest BCUT2D eigenvalue weighted by atomic mass is 35.5. The molecule has 0 aliphatic heterocycles. The molecule has 2 aromatic rings. The Bertz CT molecular complexity index is 924. The molecule has 0 aliphatic carbocycles. The Morgan fingerprint density at radius 1 is 1.04 bits per heavy atom. The van der Waals surface area contributed by atoms with E-state index in [1.54, 1.807) is 50.2 Å². The summed E-state index contributed by atoms with van der Waals surface area (Å²) in [5.74, 6) is -0.234. The van der Waals surface area contributed by atoms with Gasteiger partial charge in [-0.25, -0.2) is 8.42 Å². The van der Waals surface area contributed by atoms with Gasteiger partial charge in [0.25, 0.3) is 0 Å². The fourth-order valence-electron chi connectivity index (χ4n) is 2.86. The van der Waals surface area contributed by atoms with Crippen molar-refractivity contribution >= 4 is 38.9 Å². The molecule has 0 heterocycles. The van der Waals surface area contributed by atoms with Crippen LogP contribution in [0.15, 0.2) is 47.4 Å². The van der Waals surface area contributed by atoms with E-state index in [2.05, 4.69) is 5.32 Å². The summed E-state index contributed by atoms with van der Waals surface area (Å²) in [7, 11) is 0.0554. The third-order valence-electron chi connectivity index (χ3n) is 4.35. The van der Waals surface area contributed by atoms with Gasteiger partial charge >= 0.3 is 0 Å². The summed E-state index contributed by atoms with van der Waals surface area (Å²) in [5.41, 5.74) is 2.00. The number of benzene rings is 2. The van der Waals surface area contributed by atoms with E-state index in [4.69, 9.17) is 11.6 Å². The van der Waals surface area contributed by atoms with Crippen molar-refractivity contribution in [3.8, 4) is 0 Å². The molecule has 0 atom stereocenters. The first kappa shape index (κ1) is 22.2. The molecule has 6 nitrogen and oxygen atoms in total. The number of halogens is 1. The second kappa shape index (κ2) is 9.41. The van der Waals surface area contributed by atoms with Crippen molar-refractivity contribution in [2.75, 3.05) is 37.4 Å². The summed E-state index contributed by atoms with van der Waals surface area (Å²) in [4.78, 5) is 14.5. The lowest BCUT2D eigenvalue weighted by atomic mass is 10.1. The van der Waals surface area contributed by atoms with Crippen molar-refractivity contribution in [2.45, 2.75) is 25.2 Å². The molecule has 2 rings (SSSR count). The molecule has 0 unspecified atom stereocenters. The molecule has 28 heavy (non-hydrogen) atoms. The van der Waals surface area contributed by atoms with E-state index in [1.807, 2.05) is 19.0 Å². The van der Waals surface area contributed by atoms with Gasteiger partial charge < -0.3 is 10.2 Å². The van der Waals surface area contributed by atoms with Crippen molar-refractivity contribution < 1.29 is 13.2 Å². The first-order valence-corrected chi connectivity index (χ1v) is 10.9. The Hall–Kier alpha value is -2.09. The largest absolute Gasteiger partial charge is 0.376 e. The van der Waals surface area contributed by atoms with Crippen molar-refractivity contribution in [3.63, 3.8) is 0 Å². The third kappa shape index (κ3) is 5.25. The standard InChI is InChI=1S/C20H26ClN3O3S/c1-5-24(6-2)28(26,27)17-11-12-19(23(3)4)18(14-17)22-20(25)13-15-7-9-16(21)10-8-15/h7-12,14H,5-6,13H2,1-4H3,(H,22,25). The van der Waals surface area contributed by atoms with Crippen LogP contribution in [-0.4, -0.2) is 45.8 Å². The monoisotopic (exact) mass is 423 g/mol. The van der Waals surface area contributed by atoms with Crippen molar-refractivity contribution in [2.24, 2.45) is 0 Å². The fourth-order valence-corrected chi connectivity index (χ4v) is 4.47. The number of amides is 1. The maximum absolute atomic E-state index is 12.8. The highest BCUT2D eigenvalue weighted by Crippen LogP contribution is 2.29. The van der Waals surface area contributed by atoms with Crippen molar-refractivity contribution in [1.29, 1.82) is 0 Å². The number of sulfonamides is 1. The second-order valence-electron chi connectivity index (χ2n) is 6.51. The van der Waals surface area contributed by atoms with Crippen LogP contribution in [0.3, 0.4) is 0 Å². The minimum absolute atomic E-state index is 0.156. The molecule has 0 saturated carbocycles. The first-order valence-electron chi connectivity index (χ1n) is 9.04. The van der Waals surface area contributed by atoms with Gasteiger partial charge in [0.1, 0.15) is 0 Å². The van der Waals surface area contributed by atoms with Gasteiger partial charge in [0.05, 0.1) is 22.7 Å². The van der Waals surface area contributed by atoms with E-state index in [-0.39, 0.29) is 17.2 Å². The Morgan fingerprint density at radius 3 is 2.18 bits per heavy atom. The number of carbonyl (C=O) groups is 1. The smallest absolute Gasteiger partial charge is 0.243 e. The van der Waals surface area contributed by atoms with Gasteiger partial charge in [-0.1, -0.05) is 37.6 Å². The lowest BCUT2D eigenvalue weighted by molar-refractivity contribution is -0.115. The number of anilines is 2. The zero-order valence-corrected chi connectivity index (χ0v) is 18.1. The first-order chi connectivity index (χ1) is 13.2. The number of rotatable bonds is 8. The summed E-state index contributed by atoms with van der Waals surface area (Å²) in [6, 6.07) is 11.8. The molecule has 0 aromatic heterocycles. The molecule has 1 N–H and O–H groups in total. The Balaban J connectivity index is 2.33. The zero-order chi connectivity index (χ0) is 20.9. The Kier molecular flexibility index (Phi) is 7.46. The molecule has 152 valence electrons. The van der Waals surface area contributed by atoms with Gasteiger partial charge in [-0.15, -0.1) is 0 Å². The van der Waals surface area contributed by atoms with Crippen LogP contribution in [0.2, 0.25) is 5.02 Å². The maximum Gasteiger partial charge on any atom is 0.243 e. The summed E-state index contributed by atoms with van der Waals surface area (Å²) in [6.07, 6.45) is 0.164. The zero-order valence-electron chi connectivity index (χ0n) is 16.6. The third-order valence-corrected chi connectivity index (χ3v) is 6.64. The molecule has 0 bridgehead atoms. The summed E-state index contributed by atoms with van der Waals surface area (Å²) >= 11 is 5.88. The number of nitrogens with zero attached hydrogens (tertiary/aromatic N) is 2. The predicted molar refractivity (Wildman–Crippen MR) is 115 cm³/mol. The highest BCUT2D eigenvalue weighted by molar-refractivity contribution is 7.89. The van der Waals surface area contributed by atoms with E-state index in [0.29, 0.717) is 23.8 Å². The average Bonchev–Trinajstić information content (AvgIpc) is 2.64. The van der Waals surface area contributed by atoms with Crippen LogP contribution in [0.5, 0.6) is 0 Å². The van der Waals surface area contributed by atoms with Crippen LogP contribution in [0.4, 0.5) is 11.4 Å². The van der Waals surface area contributed by atoms with Crippen LogP contribution in [0.25, 0.3) is 0 Å². The minimum atomic E-state index is -3.62. The SMILES string of the molecule is CCN(CC)S(=O)(=O)c1ccc(N(C)C)c(NC(=O)Cc2ccc(Cl)cc2)c1.